The number of hydrogen-bond acceptors (Lipinski definition) is 3. The molecule has 0 radical (unpaired) electrons. The number of aromatic nitrogens is 1. The molecule has 0 saturated heterocycles. The summed E-state index contributed by atoms with van der Waals surface area (Å²) in [5, 5.41) is 5.31. The summed E-state index contributed by atoms with van der Waals surface area (Å²) in [6, 6.07) is 12.3. The summed E-state index contributed by atoms with van der Waals surface area (Å²) in [6.07, 6.45) is 2.97. The first-order valence-electron chi connectivity index (χ1n) is 6.82. The first-order valence-corrected chi connectivity index (χ1v) is 8.02. The Hall–Kier alpha value is -1.03. The Morgan fingerprint density at radius 2 is 2.00 bits per heavy atom. The zero-order valence-corrected chi connectivity index (χ0v) is 13.3. The van der Waals surface area contributed by atoms with Crippen LogP contribution in [0.25, 0.3) is 0 Å². The van der Waals surface area contributed by atoms with Crippen molar-refractivity contribution in [3.63, 3.8) is 0 Å². The van der Waals surface area contributed by atoms with Crippen LogP contribution in [0.2, 0.25) is 5.02 Å². The highest BCUT2D eigenvalue weighted by atomic mass is 35.5. The van der Waals surface area contributed by atoms with Crippen LogP contribution in [0.5, 0.6) is 0 Å². The standard InChI is InChI=1S/C16H19ClN2S/c1-3-10-18-12(2)15-5-4-11-19-16(15)20-14-8-6-13(17)7-9-14/h4-9,11-12,18H,3,10H2,1-2H3. The summed E-state index contributed by atoms with van der Waals surface area (Å²) >= 11 is 7.59. The predicted octanol–water partition coefficient (Wildman–Crippen LogP) is 4.95. The SMILES string of the molecule is CCCNC(C)c1cccnc1Sc1ccc(Cl)cc1. The van der Waals surface area contributed by atoms with Crippen LogP contribution in [0.4, 0.5) is 0 Å². The molecule has 1 atom stereocenters. The van der Waals surface area contributed by atoms with Gasteiger partial charge in [0.1, 0.15) is 5.03 Å². The van der Waals surface area contributed by atoms with Crippen molar-refractivity contribution in [1.82, 2.24) is 10.3 Å². The third kappa shape index (κ3) is 4.23. The van der Waals surface area contributed by atoms with E-state index >= 15 is 0 Å². The summed E-state index contributed by atoms with van der Waals surface area (Å²) in [4.78, 5) is 5.67. The molecule has 20 heavy (non-hydrogen) atoms. The van der Waals surface area contributed by atoms with Gasteiger partial charge in [0.25, 0.3) is 0 Å². The lowest BCUT2D eigenvalue weighted by Gasteiger charge is -2.16. The molecular weight excluding hydrogens is 288 g/mol. The fourth-order valence-electron chi connectivity index (χ4n) is 1.90. The van der Waals surface area contributed by atoms with Gasteiger partial charge in [-0.3, -0.25) is 0 Å². The highest BCUT2D eigenvalue weighted by Gasteiger charge is 2.11. The van der Waals surface area contributed by atoms with Gasteiger partial charge in [0.15, 0.2) is 0 Å². The van der Waals surface area contributed by atoms with Crippen LogP contribution in [0.1, 0.15) is 31.9 Å². The largest absolute Gasteiger partial charge is 0.310 e. The van der Waals surface area contributed by atoms with Gasteiger partial charge < -0.3 is 5.32 Å². The summed E-state index contributed by atoms with van der Waals surface area (Å²) < 4.78 is 0. The Labute approximate surface area is 130 Å². The van der Waals surface area contributed by atoms with E-state index in [0.29, 0.717) is 6.04 Å². The molecule has 2 nitrogen and oxygen atoms in total. The molecule has 106 valence electrons. The molecule has 1 unspecified atom stereocenters. The molecule has 0 bridgehead atoms. The second-order valence-electron chi connectivity index (χ2n) is 4.63. The molecule has 0 aliphatic carbocycles. The Balaban J connectivity index is 2.17. The van der Waals surface area contributed by atoms with Crippen molar-refractivity contribution in [2.24, 2.45) is 0 Å². The topological polar surface area (TPSA) is 24.9 Å². The van der Waals surface area contributed by atoms with Crippen molar-refractivity contribution in [2.75, 3.05) is 6.54 Å². The molecule has 0 saturated carbocycles. The van der Waals surface area contributed by atoms with E-state index in [9.17, 15) is 0 Å². The smallest absolute Gasteiger partial charge is 0.105 e. The Kier molecular flexibility index (Phi) is 5.89. The Morgan fingerprint density at radius 3 is 2.70 bits per heavy atom. The zero-order chi connectivity index (χ0) is 14.4. The summed E-state index contributed by atoms with van der Waals surface area (Å²) in [7, 11) is 0. The van der Waals surface area contributed by atoms with Gasteiger partial charge in [0, 0.05) is 27.7 Å². The number of nitrogens with zero attached hydrogens (tertiary/aromatic N) is 1. The van der Waals surface area contributed by atoms with Crippen molar-refractivity contribution in [3.8, 4) is 0 Å². The minimum Gasteiger partial charge on any atom is -0.310 e. The summed E-state index contributed by atoms with van der Waals surface area (Å²) in [5.41, 5.74) is 1.24. The first-order chi connectivity index (χ1) is 9.70. The third-order valence-corrected chi connectivity index (χ3v) is 4.29. The van der Waals surface area contributed by atoms with Gasteiger partial charge >= 0.3 is 0 Å². The van der Waals surface area contributed by atoms with Gasteiger partial charge in [0.2, 0.25) is 0 Å². The van der Waals surface area contributed by atoms with Gasteiger partial charge in [-0.15, -0.1) is 0 Å². The van der Waals surface area contributed by atoms with Crippen molar-refractivity contribution in [3.05, 3.63) is 53.2 Å². The Bertz CT molecular complexity index is 542. The fraction of sp³-hybridized carbons (Fsp3) is 0.312. The molecule has 0 amide bonds. The molecule has 0 fully saturated rings. The van der Waals surface area contributed by atoms with Crippen LogP contribution >= 0.6 is 23.4 Å². The van der Waals surface area contributed by atoms with E-state index in [0.717, 1.165) is 27.9 Å². The van der Waals surface area contributed by atoms with Crippen LogP contribution in [0.15, 0.2) is 52.5 Å². The minimum atomic E-state index is 0.304. The number of benzene rings is 1. The molecular formula is C16H19ClN2S. The summed E-state index contributed by atoms with van der Waals surface area (Å²) in [6.45, 7) is 5.37. The van der Waals surface area contributed by atoms with E-state index < -0.39 is 0 Å². The van der Waals surface area contributed by atoms with Gasteiger partial charge in [-0.1, -0.05) is 36.4 Å². The molecule has 2 aromatic rings. The van der Waals surface area contributed by atoms with E-state index in [1.807, 2.05) is 36.5 Å². The van der Waals surface area contributed by atoms with Gasteiger partial charge in [-0.05, 0) is 50.2 Å². The predicted molar refractivity (Wildman–Crippen MR) is 86.5 cm³/mol. The number of halogens is 1. The van der Waals surface area contributed by atoms with Crippen LogP contribution in [-0.4, -0.2) is 11.5 Å². The fourth-order valence-corrected chi connectivity index (χ4v) is 3.00. The van der Waals surface area contributed by atoms with Crippen molar-refractivity contribution in [2.45, 2.75) is 36.2 Å². The average molecular weight is 307 g/mol. The maximum absolute atomic E-state index is 5.92. The normalized spacial score (nSPS) is 12.3. The molecule has 1 heterocycles. The quantitative estimate of drug-likeness (QED) is 0.817. The maximum atomic E-state index is 5.92. The zero-order valence-electron chi connectivity index (χ0n) is 11.8. The van der Waals surface area contributed by atoms with Gasteiger partial charge in [-0.25, -0.2) is 4.98 Å². The number of hydrogen-bond donors (Lipinski definition) is 1. The maximum Gasteiger partial charge on any atom is 0.105 e. The van der Waals surface area contributed by atoms with E-state index in [-0.39, 0.29) is 0 Å². The molecule has 0 aliphatic heterocycles. The van der Waals surface area contributed by atoms with E-state index in [4.69, 9.17) is 11.6 Å². The molecule has 0 aliphatic rings. The van der Waals surface area contributed by atoms with E-state index in [2.05, 4.69) is 30.2 Å². The monoisotopic (exact) mass is 306 g/mol. The van der Waals surface area contributed by atoms with Crippen LogP contribution < -0.4 is 5.32 Å². The minimum absolute atomic E-state index is 0.304. The van der Waals surface area contributed by atoms with Gasteiger partial charge in [-0.2, -0.15) is 0 Å². The molecule has 1 aromatic heterocycles. The second-order valence-corrected chi connectivity index (χ2v) is 6.13. The Morgan fingerprint density at radius 1 is 1.25 bits per heavy atom. The van der Waals surface area contributed by atoms with E-state index in [1.165, 1.54) is 5.56 Å². The molecule has 1 aromatic carbocycles. The molecule has 1 N–H and O–H groups in total. The van der Waals surface area contributed by atoms with Crippen LogP contribution in [0, 0.1) is 0 Å². The van der Waals surface area contributed by atoms with Crippen LogP contribution in [-0.2, 0) is 0 Å². The first kappa shape index (κ1) is 15.4. The third-order valence-electron chi connectivity index (χ3n) is 3.00. The number of pyridine rings is 1. The van der Waals surface area contributed by atoms with E-state index in [1.54, 1.807) is 11.8 Å². The number of rotatable bonds is 6. The highest BCUT2D eigenvalue weighted by molar-refractivity contribution is 7.99. The molecule has 4 heteroatoms. The lowest BCUT2D eigenvalue weighted by molar-refractivity contribution is 0.560. The second kappa shape index (κ2) is 7.67. The summed E-state index contributed by atoms with van der Waals surface area (Å²) in [5.74, 6) is 0. The van der Waals surface area contributed by atoms with Crippen LogP contribution in [0.3, 0.4) is 0 Å². The highest BCUT2D eigenvalue weighted by Crippen LogP contribution is 2.32. The molecule has 2 rings (SSSR count). The van der Waals surface area contributed by atoms with Crippen molar-refractivity contribution < 1.29 is 0 Å². The lowest BCUT2D eigenvalue weighted by Crippen LogP contribution is -2.20. The van der Waals surface area contributed by atoms with Gasteiger partial charge in [0.05, 0.1) is 0 Å². The lowest BCUT2D eigenvalue weighted by atomic mass is 10.1. The molecule has 0 spiro atoms. The van der Waals surface area contributed by atoms with Crippen molar-refractivity contribution in [1.29, 1.82) is 0 Å². The average Bonchev–Trinajstić information content (AvgIpc) is 2.48. The van der Waals surface area contributed by atoms with Crippen molar-refractivity contribution >= 4 is 23.4 Å². The number of nitrogens with one attached hydrogen (secondary N) is 1.